The number of hydrogen-bond donors (Lipinski definition) is 3. The zero-order chi connectivity index (χ0) is 22.7. The molecule has 1 aromatic carbocycles. The number of H-pyrrole nitrogens is 1. The molecule has 0 fully saturated rings. The van der Waals surface area contributed by atoms with Crippen LogP contribution in [-0.2, 0) is 16.8 Å². The van der Waals surface area contributed by atoms with Gasteiger partial charge < -0.3 is 20.8 Å². The predicted molar refractivity (Wildman–Crippen MR) is 120 cm³/mol. The third-order valence-electron chi connectivity index (χ3n) is 5.25. The normalized spacial score (nSPS) is 16.7. The highest BCUT2D eigenvalue weighted by Crippen LogP contribution is 2.48. The Morgan fingerprint density at radius 2 is 1.97 bits per heavy atom. The van der Waals surface area contributed by atoms with E-state index < -0.39 is 23.0 Å². The van der Waals surface area contributed by atoms with E-state index in [4.69, 9.17) is 10.5 Å². The highest BCUT2D eigenvalue weighted by atomic mass is 32.1. The number of aromatic nitrogens is 2. The first-order valence-corrected chi connectivity index (χ1v) is 10.7. The zero-order valence-electron chi connectivity index (χ0n) is 18.0. The van der Waals surface area contributed by atoms with Crippen molar-refractivity contribution in [2.45, 2.75) is 52.2 Å². The molecular formula is C22H24N4O4S. The van der Waals surface area contributed by atoms with Gasteiger partial charge in [0, 0.05) is 16.9 Å². The molecule has 0 radical (unpaired) electrons. The molecule has 0 saturated carbocycles. The SMILES string of the molecule is Cc1nc2cc(C(=O)Nc3sc4c(c3C(N)=O)CC(C)(C)OC4(C)C)ccc2c(=O)[nH]1. The standard InChI is InChI=1S/C22H24N4O4S/c1-10-24-14-8-11(6-7-12(14)19(29)25-10)18(28)26-20-15(17(23)27)13-9-21(2,3)30-22(4,5)16(13)31-20/h6-8H,9H2,1-5H3,(H2,23,27)(H,26,28)(H,24,25,29). The van der Waals surface area contributed by atoms with Gasteiger partial charge in [-0.1, -0.05) is 0 Å². The lowest BCUT2D eigenvalue weighted by atomic mass is 9.86. The number of fused-ring (bicyclic) bond motifs is 2. The number of carbonyl (C=O) groups excluding carboxylic acids is 2. The number of ether oxygens (including phenoxy) is 1. The monoisotopic (exact) mass is 440 g/mol. The van der Waals surface area contributed by atoms with Gasteiger partial charge in [0.1, 0.15) is 10.8 Å². The summed E-state index contributed by atoms with van der Waals surface area (Å²) in [7, 11) is 0. The number of nitrogens with two attached hydrogens (primary N) is 1. The molecule has 3 aromatic rings. The van der Waals surface area contributed by atoms with Crippen molar-refractivity contribution in [3.63, 3.8) is 0 Å². The summed E-state index contributed by atoms with van der Waals surface area (Å²) in [5.41, 5.74) is 6.23. The highest BCUT2D eigenvalue weighted by molar-refractivity contribution is 7.17. The Balaban J connectivity index is 1.76. The molecule has 3 heterocycles. The van der Waals surface area contributed by atoms with E-state index in [2.05, 4.69) is 15.3 Å². The van der Waals surface area contributed by atoms with Crippen molar-refractivity contribution >= 4 is 39.1 Å². The zero-order valence-corrected chi connectivity index (χ0v) is 18.8. The first-order chi connectivity index (χ1) is 14.4. The van der Waals surface area contributed by atoms with E-state index in [1.165, 1.54) is 11.3 Å². The molecule has 4 N–H and O–H groups in total. The fourth-order valence-corrected chi connectivity index (χ4v) is 5.50. The molecule has 1 aliphatic heterocycles. The van der Waals surface area contributed by atoms with Crippen LogP contribution in [0.25, 0.3) is 10.9 Å². The Labute approximate surface area is 182 Å². The second kappa shape index (κ2) is 7.00. The largest absolute Gasteiger partial charge is 0.365 e. The van der Waals surface area contributed by atoms with Crippen LogP contribution in [0.3, 0.4) is 0 Å². The molecule has 2 aromatic heterocycles. The Morgan fingerprint density at radius 3 is 2.65 bits per heavy atom. The summed E-state index contributed by atoms with van der Waals surface area (Å²) < 4.78 is 6.20. The van der Waals surface area contributed by atoms with Crippen molar-refractivity contribution in [2.24, 2.45) is 5.73 Å². The number of nitrogens with one attached hydrogen (secondary N) is 2. The van der Waals surface area contributed by atoms with Gasteiger partial charge in [-0.05, 0) is 58.4 Å². The molecule has 0 aliphatic carbocycles. The summed E-state index contributed by atoms with van der Waals surface area (Å²) in [5, 5.41) is 3.63. The Morgan fingerprint density at radius 1 is 1.26 bits per heavy atom. The van der Waals surface area contributed by atoms with Crippen molar-refractivity contribution in [3.05, 3.63) is 55.9 Å². The van der Waals surface area contributed by atoms with Crippen LogP contribution in [-0.4, -0.2) is 27.4 Å². The lowest BCUT2D eigenvalue weighted by Gasteiger charge is -2.41. The fraction of sp³-hybridized carbons (Fsp3) is 0.364. The molecule has 0 saturated heterocycles. The number of nitrogens with zero attached hydrogens (tertiary/aromatic N) is 1. The molecule has 0 bridgehead atoms. The second-order valence-electron chi connectivity index (χ2n) is 8.86. The maximum atomic E-state index is 13.0. The number of amides is 2. The van der Waals surface area contributed by atoms with E-state index in [1.807, 2.05) is 27.7 Å². The van der Waals surface area contributed by atoms with Crippen molar-refractivity contribution in [1.29, 1.82) is 0 Å². The van der Waals surface area contributed by atoms with Gasteiger partial charge in [-0.3, -0.25) is 14.4 Å². The molecule has 2 amide bonds. The third-order valence-corrected chi connectivity index (χ3v) is 6.70. The highest BCUT2D eigenvalue weighted by Gasteiger charge is 2.42. The third kappa shape index (κ3) is 3.75. The van der Waals surface area contributed by atoms with E-state index in [9.17, 15) is 14.4 Å². The Bertz CT molecular complexity index is 1300. The number of hydrogen-bond acceptors (Lipinski definition) is 6. The van der Waals surface area contributed by atoms with Crippen molar-refractivity contribution in [1.82, 2.24) is 9.97 Å². The number of thiophene rings is 1. The van der Waals surface area contributed by atoms with E-state index in [0.717, 1.165) is 10.4 Å². The smallest absolute Gasteiger partial charge is 0.258 e. The molecule has 31 heavy (non-hydrogen) atoms. The van der Waals surface area contributed by atoms with Crippen LogP contribution in [0.1, 0.15) is 64.7 Å². The van der Waals surface area contributed by atoms with Crippen LogP contribution in [0.5, 0.6) is 0 Å². The molecule has 0 spiro atoms. The van der Waals surface area contributed by atoms with Gasteiger partial charge in [-0.15, -0.1) is 11.3 Å². The lowest BCUT2D eigenvalue weighted by Crippen LogP contribution is -2.42. The van der Waals surface area contributed by atoms with Gasteiger partial charge >= 0.3 is 0 Å². The van der Waals surface area contributed by atoms with Crippen LogP contribution < -0.4 is 16.6 Å². The number of aromatic amines is 1. The van der Waals surface area contributed by atoms with Crippen molar-refractivity contribution in [3.8, 4) is 0 Å². The maximum absolute atomic E-state index is 13.0. The first-order valence-electron chi connectivity index (χ1n) is 9.86. The first kappa shape index (κ1) is 21.2. The predicted octanol–water partition coefficient (Wildman–Crippen LogP) is 3.23. The quantitative estimate of drug-likeness (QED) is 0.576. The van der Waals surface area contributed by atoms with Gasteiger partial charge in [0.15, 0.2) is 0 Å². The Kier molecular flexibility index (Phi) is 4.79. The minimum absolute atomic E-state index is 0.263. The number of rotatable bonds is 3. The van der Waals surface area contributed by atoms with E-state index in [0.29, 0.717) is 39.3 Å². The summed E-state index contributed by atoms with van der Waals surface area (Å²) in [4.78, 5) is 45.2. The molecule has 1 aliphatic rings. The molecule has 0 atom stereocenters. The molecule has 9 heteroatoms. The van der Waals surface area contributed by atoms with Crippen LogP contribution in [0.15, 0.2) is 23.0 Å². The van der Waals surface area contributed by atoms with Gasteiger partial charge in [-0.25, -0.2) is 4.98 Å². The number of carbonyl (C=O) groups is 2. The second-order valence-corrected chi connectivity index (χ2v) is 9.88. The fourth-order valence-electron chi connectivity index (χ4n) is 4.24. The summed E-state index contributed by atoms with van der Waals surface area (Å²) in [6.45, 7) is 9.48. The van der Waals surface area contributed by atoms with Crippen molar-refractivity contribution < 1.29 is 14.3 Å². The minimum Gasteiger partial charge on any atom is -0.365 e. The van der Waals surface area contributed by atoms with Gasteiger partial charge in [0.2, 0.25) is 0 Å². The van der Waals surface area contributed by atoms with Crippen LogP contribution in [0, 0.1) is 6.92 Å². The van der Waals surface area contributed by atoms with E-state index in [-0.39, 0.29) is 5.56 Å². The van der Waals surface area contributed by atoms with Crippen LogP contribution >= 0.6 is 11.3 Å². The summed E-state index contributed by atoms with van der Waals surface area (Å²) in [6, 6.07) is 4.67. The molecular weight excluding hydrogens is 416 g/mol. The van der Waals surface area contributed by atoms with Crippen molar-refractivity contribution in [2.75, 3.05) is 5.32 Å². The molecule has 8 nitrogen and oxygen atoms in total. The number of benzene rings is 1. The molecule has 4 rings (SSSR count). The van der Waals surface area contributed by atoms with E-state index in [1.54, 1.807) is 25.1 Å². The topological polar surface area (TPSA) is 127 Å². The van der Waals surface area contributed by atoms with Gasteiger partial charge in [-0.2, -0.15) is 0 Å². The minimum atomic E-state index is -0.625. The van der Waals surface area contributed by atoms with Crippen LogP contribution in [0.4, 0.5) is 5.00 Å². The number of aryl methyl sites for hydroxylation is 1. The molecule has 162 valence electrons. The van der Waals surface area contributed by atoms with Crippen LogP contribution in [0.2, 0.25) is 0 Å². The Hall–Kier alpha value is -3.04. The van der Waals surface area contributed by atoms with Gasteiger partial charge in [0.05, 0.1) is 27.7 Å². The van der Waals surface area contributed by atoms with Gasteiger partial charge in [0.25, 0.3) is 17.4 Å². The lowest BCUT2D eigenvalue weighted by molar-refractivity contribution is -0.135. The summed E-state index contributed by atoms with van der Waals surface area (Å²) >= 11 is 1.30. The number of anilines is 1. The number of primary amides is 1. The summed E-state index contributed by atoms with van der Waals surface area (Å²) in [5.74, 6) is -0.550. The molecule has 0 unspecified atom stereocenters. The van der Waals surface area contributed by atoms with E-state index >= 15 is 0 Å². The summed E-state index contributed by atoms with van der Waals surface area (Å²) in [6.07, 6.45) is 0.512. The average Bonchev–Trinajstić information content (AvgIpc) is 2.98. The maximum Gasteiger partial charge on any atom is 0.258 e. The average molecular weight is 441 g/mol.